The van der Waals surface area contributed by atoms with Crippen LogP contribution in [0.3, 0.4) is 0 Å². The van der Waals surface area contributed by atoms with Crippen molar-refractivity contribution in [3.63, 3.8) is 0 Å². The van der Waals surface area contributed by atoms with E-state index in [1.807, 2.05) is 0 Å². The molecular weight excluding hydrogens is 292 g/mol. The molecule has 1 N–H and O–H groups in total. The monoisotopic (exact) mass is 312 g/mol. The van der Waals surface area contributed by atoms with Crippen LogP contribution in [0.1, 0.15) is 24.5 Å². The second-order valence-corrected chi connectivity index (χ2v) is 5.42. The number of amides is 1. The van der Waals surface area contributed by atoms with Crippen LogP contribution in [-0.4, -0.2) is 29.2 Å². The Morgan fingerprint density at radius 1 is 1.22 bits per heavy atom. The second kappa shape index (κ2) is 7.09. The minimum absolute atomic E-state index is 0.360. The predicted octanol–water partition coefficient (Wildman–Crippen LogP) is 3.00. The van der Waals surface area contributed by atoms with Crippen molar-refractivity contribution in [2.24, 2.45) is 0 Å². The third-order valence-corrected chi connectivity index (χ3v) is 3.69. The van der Waals surface area contributed by atoms with Gasteiger partial charge in [0, 0.05) is 12.7 Å². The van der Waals surface area contributed by atoms with E-state index in [9.17, 15) is 4.79 Å². The van der Waals surface area contributed by atoms with E-state index in [0.717, 1.165) is 12.8 Å². The summed E-state index contributed by atoms with van der Waals surface area (Å²) in [5.74, 6) is 1.06. The number of rotatable bonds is 6. The van der Waals surface area contributed by atoms with Gasteiger partial charge in [-0.15, -0.1) is 0 Å². The zero-order valence-corrected chi connectivity index (χ0v) is 13.2. The lowest BCUT2D eigenvalue weighted by Gasteiger charge is -2.12. The lowest BCUT2D eigenvalue weighted by atomic mass is 10.1. The molecule has 3 rings (SSSR count). The van der Waals surface area contributed by atoms with E-state index >= 15 is 0 Å². The van der Waals surface area contributed by atoms with E-state index in [1.54, 1.807) is 12.3 Å². The minimum atomic E-state index is -0.360. The molecule has 1 aliphatic heterocycles. The number of nitrogens with zero attached hydrogens (tertiary/aromatic N) is 3. The second-order valence-electron chi connectivity index (χ2n) is 5.42. The van der Waals surface area contributed by atoms with Crippen LogP contribution in [-0.2, 0) is 17.7 Å². The topological polar surface area (TPSA) is 67.3 Å². The summed E-state index contributed by atoms with van der Waals surface area (Å²) in [4.78, 5) is 21.6. The normalized spacial score (nSPS) is 14.0. The van der Waals surface area contributed by atoms with E-state index < -0.39 is 0 Å². The maximum atomic E-state index is 11.6. The Hall–Kier alpha value is -2.63. The summed E-state index contributed by atoms with van der Waals surface area (Å²) in [6.45, 7) is 3.74. The summed E-state index contributed by atoms with van der Waals surface area (Å²) in [6, 6.07) is 10.2. The fraction of sp³-hybridized carbons (Fsp3) is 0.353. The lowest BCUT2D eigenvalue weighted by Crippen LogP contribution is -2.24. The van der Waals surface area contributed by atoms with Gasteiger partial charge in [-0.1, -0.05) is 37.6 Å². The molecule has 120 valence electrons. The molecule has 0 unspecified atom stereocenters. The van der Waals surface area contributed by atoms with Gasteiger partial charge in [0.25, 0.3) is 0 Å². The first kappa shape index (κ1) is 15.3. The van der Waals surface area contributed by atoms with E-state index in [0.29, 0.717) is 31.5 Å². The summed E-state index contributed by atoms with van der Waals surface area (Å²) >= 11 is 0. The van der Waals surface area contributed by atoms with Gasteiger partial charge in [0.15, 0.2) is 0 Å². The molecule has 1 aromatic carbocycles. The lowest BCUT2D eigenvalue weighted by molar-refractivity contribution is 0.181. The molecule has 2 aromatic rings. The SMILES string of the molecule is CCCc1ccc(CNc2nccc(N3CCOC3=O)n2)cc1. The molecule has 1 saturated heterocycles. The van der Waals surface area contributed by atoms with Gasteiger partial charge in [0.05, 0.1) is 6.54 Å². The van der Waals surface area contributed by atoms with Gasteiger partial charge >= 0.3 is 6.09 Å². The highest BCUT2D eigenvalue weighted by Gasteiger charge is 2.24. The van der Waals surface area contributed by atoms with Crippen molar-refractivity contribution >= 4 is 17.9 Å². The van der Waals surface area contributed by atoms with Crippen molar-refractivity contribution in [1.29, 1.82) is 0 Å². The summed E-state index contributed by atoms with van der Waals surface area (Å²) < 4.78 is 4.93. The largest absolute Gasteiger partial charge is 0.447 e. The first-order valence-corrected chi connectivity index (χ1v) is 7.85. The molecule has 1 aromatic heterocycles. The Labute approximate surface area is 135 Å². The fourth-order valence-corrected chi connectivity index (χ4v) is 2.48. The third-order valence-electron chi connectivity index (χ3n) is 3.69. The van der Waals surface area contributed by atoms with Crippen molar-refractivity contribution in [2.75, 3.05) is 23.4 Å². The Morgan fingerprint density at radius 3 is 2.70 bits per heavy atom. The maximum Gasteiger partial charge on any atom is 0.415 e. The molecule has 6 heteroatoms. The molecule has 1 aliphatic rings. The highest BCUT2D eigenvalue weighted by atomic mass is 16.6. The molecule has 0 spiro atoms. The van der Waals surface area contributed by atoms with Crippen LogP contribution in [0.25, 0.3) is 0 Å². The first-order valence-electron chi connectivity index (χ1n) is 7.85. The number of aryl methyl sites for hydroxylation is 1. The number of aromatic nitrogens is 2. The number of hydrogen-bond donors (Lipinski definition) is 1. The average Bonchev–Trinajstić information content (AvgIpc) is 3.01. The number of cyclic esters (lactones) is 1. The van der Waals surface area contributed by atoms with Gasteiger partial charge < -0.3 is 10.1 Å². The predicted molar refractivity (Wildman–Crippen MR) is 88.5 cm³/mol. The van der Waals surface area contributed by atoms with Crippen molar-refractivity contribution < 1.29 is 9.53 Å². The number of benzene rings is 1. The van der Waals surface area contributed by atoms with Crippen LogP contribution >= 0.6 is 0 Å². The minimum Gasteiger partial charge on any atom is -0.447 e. The van der Waals surface area contributed by atoms with Crippen LogP contribution in [0.4, 0.5) is 16.6 Å². The molecule has 0 bridgehead atoms. The van der Waals surface area contributed by atoms with Crippen molar-refractivity contribution in [2.45, 2.75) is 26.3 Å². The first-order chi connectivity index (χ1) is 11.3. The van der Waals surface area contributed by atoms with Crippen molar-refractivity contribution in [1.82, 2.24) is 9.97 Å². The standard InChI is InChI=1S/C17H20N4O2/c1-2-3-13-4-6-14(7-5-13)12-19-16-18-9-8-15(20-16)21-10-11-23-17(21)22/h4-9H,2-3,10-12H2,1H3,(H,18,19,20). The van der Waals surface area contributed by atoms with E-state index in [4.69, 9.17) is 4.74 Å². The van der Waals surface area contributed by atoms with Crippen LogP contribution < -0.4 is 10.2 Å². The Balaban J connectivity index is 1.63. The molecule has 0 atom stereocenters. The number of hydrogen-bond acceptors (Lipinski definition) is 5. The quantitative estimate of drug-likeness (QED) is 0.888. The van der Waals surface area contributed by atoms with Crippen LogP contribution in [0.15, 0.2) is 36.5 Å². The summed E-state index contributed by atoms with van der Waals surface area (Å²) in [6.07, 6.45) is 3.53. The number of anilines is 2. The molecule has 0 aliphatic carbocycles. The Bertz CT molecular complexity index is 673. The number of ether oxygens (including phenoxy) is 1. The van der Waals surface area contributed by atoms with E-state index in [-0.39, 0.29) is 6.09 Å². The Kier molecular flexibility index (Phi) is 4.71. The van der Waals surface area contributed by atoms with E-state index in [1.165, 1.54) is 16.0 Å². The average molecular weight is 312 g/mol. The fourth-order valence-electron chi connectivity index (χ4n) is 2.48. The van der Waals surface area contributed by atoms with Gasteiger partial charge in [0.2, 0.25) is 5.95 Å². The van der Waals surface area contributed by atoms with Crippen LogP contribution in [0.5, 0.6) is 0 Å². The van der Waals surface area contributed by atoms with Gasteiger partial charge in [-0.3, -0.25) is 4.90 Å². The van der Waals surface area contributed by atoms with Gasteiger partial charge in [0.1, 0.15) is 12.4 Å². The molecule has 1 amide bonds. The van der Waals surface area contributed by atoms with Crippen LogP contribution in [0.2, 0.25) is 0 Å². The number of carbonyl (C=O) groups is 1. The maximum absolute atomic E-state index is 11.6. The zero-order chi connectivity index (χ0) is 16.1. The van der Waals surface area contributed by atoms with Gasteiger partial charge in [-0.25, -0.2) is 9.78 Å². The molecule has 2 heterocycles. The van der Waals surface area contributed by atoms with Gasteiger partial charge in [-0.2, -0.15) is 4.98 Å². The highest BCUT2D eigenvalue weighted by molar-refractivity contribution is 5.88. The summed E-state index contributed by atoms with van der Waals surface area (Å²) in [5.41, 5.74) is 2.52. The number of nitrogens with one attached hydrogen (secondary N) is 1. The third kappa shape index (κ3) is 3.77. The molecule has 1 fully saturated rings. The number of carbonyl (C=O) groups excluding carboxylic acids is 1. The highest BCUT2D eigenvalue weighted by Crippen LogP contribution is 2.17. The van der Waals surface area contributed by atoms with Gasteiger partial charge in [-0.05, 0) is 23.6 Å². The molecule has 6 nitrogen and oxygen atoms in total. The summed E-state index contributed by atoms with van der Waals surface area (Å²) in [5, 5.41) is 3.19. The molecule has 23 heavy (non-hydrogen) atoms. The Morgan fingerprint density at radius 2 is 2.00 bits per heavy atom. The zero-order valence-electron chi connectivity index (χ0n) is 13.2. The van der Waals surface area contributed by atoms with Crippen molar-refractivity contribution in [3.05, 3.63) is 47.7 Å². The smallest absolute Gasteiger partial charge is 0.415 e. The summed E-state index contributed by atoms with van der Waals surface area (Å²) in [7, 11) is 0. The molecule has 0 radical (unpaired) electrons. The molecular formula is C17H20N4O2. The molecule has 0 saturated carbocycles. The van der Waals surface area contributed by atoms with E-state index in [2.05, 4.69) is 46.5 Å². The van der Waals surface area contributed by atoms with Crippen LogP contribution in [0, 0.1) is 0 Å². The van der Waals surface area contributed by atoms with Crippen molar-refractivity contribution in [3.8, 4) is 0 Å².